The summed E-state index contributed by atoms with van der Waals surface area (Å²) < 4.78 is 5.21. The van der Waals surface area contributed by atoms with Gasteiger partial charge in [-0.25, -0.2) is 5.43 Å². The van der Waals surface area contributed by atoms with E-state index in [1.807, 2.05) is 24.3 Å². The van der Waals surface area contributed by atoms with Gasteiger partial charge >= 0.3 is 0 Å². The first-order chi connectivity index (χ1) is 11.6. The molecular formula is C16H20Cl2N6O. The van der Waals surface area contributed by atoms with Crippen LogP contribution in [0.4, 0.5) is 0 Å². The zero-order valence-electron chi connectivity index (χ0n) is 13.7. The molecule has 1 aliphatic rings. The van der Waals surface area contributed by atoms with Crippen LogP contribution in [0.5, 0.6) is 0 Å². The van der Waals surface area contributed by atoms with Gasteiger partial charge in [-0.2, -0.15) is 10.2 Å². The molecule has 9 heteroatoms. The van der Waals surface area contributed by atoms with Crippen molar-refractivity contribution in [1.82, 2.24) is 15.6 Å². The van der Waals surface area contributed by atoms with Crippen LogP contribution in [0.25, 0.3) is 0 Å². The number of hydrogen-bond donors (Lipinski definition) is 4. The minimum atomic E-state index is -0.208. The number of nitrogens with zero attached hydrogens (tertiary/aromatic N) is 2. The zero-order valence-corrected chi connectivity index (χ0v) is 15.2. The molecule has 0 spiro atoms. The average Bonchev–Trinajstić information content (AvgIpc) is 2.96. The Balaban J connectivity index is 0.00000225. The van der Waals surface area contributed by atoms with Crippen LogP contribution in [0.1, 0.15) is 34.9 Å². The van der Waals surface area contributed by atoms with Gasteiger partial charge in [-0.3, -0.25) is 10.5 Å². The summed E-state index contributed by atoms with van der Waals surface area (Å²) in [6.07, 6.45) is 1.46. The van der Waals surface area contributed by atoms with Crippen LogP contribution >= 0.6 is 24.0 Å². The van der Waals surface area contributed by atoms with Crippen LogP contribution in [0.15, 0.2) is 29.4 Å². The molecule has 1 aromatic carbocycles. The predicted molar refractivity (Wildman–Crippen MR) is 101 cm³/mol. The minimum Gasteiger partial charge on any atom is -0.378 e. The first-order valence-electron chi connectivity index (χ1n) is 7.56. The third-order valence-corrected chi connectivity index (χ3v) is 4.38. The van der Waals surface area contributed by atoms with Gasteiger partial charge in [0.2, 0.25) is 5.96 Å². The number of hydrazone groups is 1. The van der Waals surface area contributed by atoms with E-state index in [2.05, 4.69) is 20.7 Å². The van der Waals surface area contributed by atoms with E-state index >= 15 is 0 Å². The summed E-state index contributed by atoms with van der Waals surface area (Å²) in [5.74, 6) is -0.0322. The van der Waals surface area contributed by atoms with Gasteiger partial charge in [-0.15, -0.1) is 12.4 Å². The fourth-order valence-electron chi connectivity index (χ4n) is 3.06. The number of aromatic nitrogens is 2. The third-order valence-electron chi connectivity index (χ3n) is 4.03. The van der Waals surface area contributed by atoms with Crippen molar-refractivity contribution in [3.63, 3.8) is 0 Å². The van der Waals surface area contributed by atoms with Crippen molar-refractivity contribution in [3.8, 4) is 0 Å². The maximum atomic E-state index is 7.33. The Morgan fingerprint density at radius 1 is 1.48 bits per heavy atom. The second-order valence-corrected chi connectivity index (χ2v) is 6.07. The number of fused-ring (bicyclic) bond motifs is 1. The Labute approximate surface area is 156 Å². The number of ether oxygens (including phenoxy) is 1. The predicted octanol–water partition coefficient (Wildman–Crippen LogP) is 2.55. The highest BCUT2D eigenvalue weighted by Crippen LogP contribution is 2.36. The van der Waals surface area contributed by atoms with Crippen molar-refractivity contribution in [1.29, 1.82) is 5.41 Å². The van der Waals surface area contributed by atoms with E-state index in [1.165, 1.54) is 0 Å². The molecule has 1 atom stereocenters. The van der Waals surface area contributed by atoms with Crippen molar-refractivity contribution in [2.24, 2.45) is 10.8 Å². The van der Waals surface area contributed by atoms with E-state index in [9.17, 15) is 0 Å². The molecule has 5 N–H and O–H groups in total. The second kappa shape index (κ2) is 8.33. The van der Waals surface area contributed by atoms with Gasteiger partial charge in [0.15, 0.2) is 0 Å². The Morgan fingerprint density at radius 2 is 2.24 bits per heavy atom. The zero-order chi connectivity index (χ0) is 17.1. The summed E-state index contributed by atoms with van der Waals surface area (Å²) in [5, 5.41) is 19.8. The average molecular weight is 383 g/mol. The van der Waals surface area contributed by atoms with Crippen molar-refractivity contribution in [2.75, 3.05) is 7.11 Å². The van der Waals surface area contributed by atoms with Crippen LogP contribution in [0.3, 0.4) is 0 Å². The highest BCUT2D eigenvalue weighted by atomic mass is 35.5. The molecule has 0 fully saturated rings. The molecule has 25 heavy (non-hydrogen) atoms. The van der Waals surface area contributed by atoms with E-state index in [-0.39, 0.29) is 24.3 Å². The molecule has 1 heterocycles. The summed E-state index contributed by atoms with van der Waals surface area (Å²) in [5.41, 5.74) is 12.5. The number of nitrogens with two attached hydrogens (primary N) is 1. The lowest BCUT2D eigenvalue weighted by atomic mass is 9.81. The largest absolute Gasteiger partial charge is 0.378 e. The number of guanidine groups is 1. The molecule has 7 nitrogen and oxygen atoms in total. The van der Waals surface area contributed by atoms with Gasteiger partial charge in [-0.05, 0) is 30.4 Å². The minimum absolute atomic E-state index is 0. The standard InChI is InChI=1S/C16H19ClN6O.ClH/c1-24-8-14-15-12(20-22-14)6-9(7-13(15)21-23-16(18)19)10-4-2-3-5-11(10)17;/h2-5,9H,6-8H2,1H3,(H,20,22)(H4,18,19,23);1H. The van der Waals surface area contributed by atoms with Gasteiger partial charge in [-0.1, -0.05) is 29.8 Å². The number of nitrogens with one attached hydrogen (secondary N) is 3. The highest BCUT2D eigenvalue weighted by molar-refractivity contribution is 6.31. The molecule has 0 saturated heterocycles. The first kappa shape index (κ1) is 19.2. The quantitative estimate of drug-likeness (QED) is 0.369. The molecule has 3 rings (SSSR count). The summed E-state index contributed by atoms with van der Waals surface area (Å²) in [7, 11) is 1.63. The monoisotopic (exact) mass is 382 g/mol. The number of benzene rings is 1. The molecular weight excluding hydrogens is 363 g/mol. The topological polar surface area (TPSA) is 112 Å². The van der Waals surface area contributed by atoms with Gasteiger partial charge in [0.1, 0.15) is 0 Å². The molecule has 2 aromatic rings. The molecule has 0 bridgehead atoms. The van der Waals surface area contributed by atoms with Crippen molar-refractivity contribution in [2.45, 2.75) is 25.4 Å². The molecule has 0 amide bonds. The van der Waals surface area contributed by atoms with Gasteiger partial charge < -0.3 is 10.5 Å². The highest BCUT2D eigenvalue weighted by Gasteiger charge is 2.30. The van der Waals surface area contributed by atoms with Crippen LogP contribution < -0.4 is 11.2 Å². The molecule has 0 aliphatic heterocycles. The van der Waals surface area contributed by atoms with E-state index < -0.39 is 0 Å². The first-order valence-corrected chi connectivity index (χ1v) is 7.94. The maximum absolute atomic E-state index is 7.33. The number of aromatic amines is 1. The fraction of sp³-hybridized carbons (Fsp3) is 0.312. The Morgan fingerprint density at radius 3 is 2.92 bits per heavy atom. The number of hydrogen-bond acceptors (Lipinski definition) is 4. The number of halogens is 2. The molecule has 1 aliphatic carbocycles. The lowest BCUT2D eigenvalue weighted by Crippen LogP contribution is -2.29. The van der Waals surface area contributed by atoms with Crippen LogP contribution in [0.2, 0.25) is 5.02 Å². The van der Waals surface area contributed by atoms with Crippen molar-refractivity contribution >= 4 is 35.7 Å². The molecule has 0 saturated carbocycles. The van der Waals surface area contributed by atoms with Gasteiger partial charge in [0, 0.05) is 23.4 Å². The SMILES string of the molecule is COCc1n[nH]c2c1C(=NNC(=N)N)CC(c1ccccc1Cl)C2.Cl. The normalized spacial score (nSPS) is 17.7. The Hall–Kier alpha value is -2.09. The van der Waals surface area contributed by atoms with Crippen molar-refractivity contribution < 1.29 is 4.74 Å². The summed E-state index contributed by atoms with van der Waals surface area (Å²) in [4.78, 5) is 0. The van der Waals surface area contributed by atoms with Crippen LogP contribution in [0, 0.1) is 5.41 Å². The smallest absolute Gasteiger partial charge is 0.206 e. The van der Waals surface area contributed by atoms with Gasteiger partial charge in [0.25, 0.3) is 0 Å². The number of H-pyrrole nitrogens is 1. The summed E-state index contributed by atoms with van der Waals surface area (Å²) in [6, 6.07) is 7.81. The van der Waals surface area contributed by atoms with E-state index in [0.29, 0.717) is 13.0 Å². The van der Waals surface area contributed by atoms with Gasteiger partial charge in [0.05, 0.1) is 18.0 Å². The Bertz CT molecular complexity index is 789. The second-order valence-electron chi connectivity index (χ2n) is 5.67. The number of methoxy groups -OCH3 is 1. The van der Waals surface area contributed by atoms with E-state index in [0.717, 1.165) is 39.7 Å². The molecule has 0 radical (unpaired) electrons. The maximum Gasteiger partial charge on any atom is 0.206 e. The summed E-state index contributed by atoms with van der Waals surface area (Å²) in [6.45, 7) is 0.391. The lowest BCUT2D eigenvalue weighted by molar-refractivity contribution is 0.181. The molecule has 1 unspecified atom stereocenters. The van der Waals surface area contributed by atoms with Crippen LogP contribution in [-0.2, 0) is 17.8 Å². The van der Waals surface area contributed by atoms with Crippen LogP contribution in [-0.4, -0.2) is 29.0 Å². The third kappa shape index (κ3) is 4.12. The van der Waals surface area contributed by atoms with Crippen molar-refractivity contribution in [3.05, 3.63) is 51.8 Å². The number of rotatable bonds is 4. The summed E-state index contributed by atoms with van der Waals surface area (Å²) >= 11 is 6.36. The molecule has 1 aromatic heterocycles. The van der Waals surface area contributed by atoms with E-state index in [1.54, 1.807) is 7.11 Å². The Kier molecular flexibility index (Phi) is 6.41. The van der Waals surface area contributed by atoms with E-state index in [4.69, 9.17) is 27.5 Å². The fourth-order valence-corrected chi connectivity index (χ4v) is 3.35. The molecule has 134 valence electrons. The lowest BCUT2D eigenvalue weighted by Gasteiger charge is -2.25.